The Morgan fingerprint density at radius 2 is 1.27 bits per heavy atom. The minimum Gasteiger partial charge on any atom is -0.214 e. The third-order valence-electron chi connectivity index (χ3n) is 0.556. The number of hydrogen-bond acceptors (Lipinski definition) is 0. The molecule has 0 saturated carbocycles. The fraction of sp³-hybridized carbons (Fsp3) is 0. The van der Waals surface area contributed by atoms with Crippen molar-refractivity contribution < 1.29 is 24.1 Å². The van der Waals surface area contributed by atoms with Gasteiger partial charge in [-0.25, -0.2) is 12.1 Å². The molecule has 11 heavy (non-hydrogen) atoms. The summed E-state index contributed by atoms with van der Waals surface area (Å²) in [5.74, 6) is 0. The minimum atomic E-state index is 2.00. The van der Waals surface area contributed by atoms with Gasteiger partial charge in [0.05, 0.1) is 0 Å². The topological polar surface area (TPSA) is 39.8 Å². The first-order valence-corrected chi connectivity index (χ1v) is 7.38. The van der Waals surface area contributed by atoms with Crippen LogP contribution >= 0.6 is 19.8 Å². The van der Waals surface area contributed by atoms with Gasteiger partial charge in [0.2, 0.25) is 0 Å². The van der Waals surface area contributed by atoms with E-state index < -0.39 is 0 Å². The second kappa shape index (κ2) is 32.0. The molecule has 1 aromatic carbocycles. The summed E-state index contributed by atoms with van der Waals surface area (Å²) in [5.41, 5.74) is 0. The average Bonchev–Trinajstić information content (AvgIpc) is 2.71. The van der Waals surface area contributed by atoms with E-state index in [-0.39, 0.29) is 0 Å². The molecule has 61 valence electrons. The third kappa shape index (κ3) is 25.4. The number of halogens is 1. The largest absolute Gasteiger partial charge is 0.214 e. The van der Waals surface area contributed by atoms with Gasteiger partial charge >= 0.3 is 57.1 Å². The molecular formula is C7H5IO2Ru-. The van der Waals surface area contributed by atoms with Crippen molar-refractivity contribution in [2.75, 3.05) is 0 Å². The molecule has 4 heteroatoms. The molecule has 0 heterocycles. The van der Waals surface area contributed by atoms with Crippen LogP contribution < -0.4 is 0 Å². The molecule has 0 aromatic heterocycles. The molecule has 0 atom stereocenters. The van der Waals surface area contributed by atoms with E-state index in [1.807, 2.05) is 30.3 Å². The van der Waals surface area contributed by atoms with E-state index >= 15 is 0 Å². The first-order valence-electron chi connectivity index (χ1n) is 2.21. The Morgan fingerprint density at radius 1 is 1.00 bits per heavy atom. The SMILES string of the molecule is [C-]#[O+].[C-]#[O+].[Ru][I].c1cc[cH-]c1. The van der Waals surface area contributed by atoms with Gasteiger partial charge in [-0.15, -0.1) is 0 Å². The van der Waals surface area contributed by atoms with E-state index in [4.69, 9.17) is 9.30 Å². The molecule has 2 nitrogen and oxygen atoms in total. The Labute approximate surface area is 87.0 Å². The van der Waals surface area contributed by atoms with Crippen molar-refractivity contribution in [2.45, 2.75) is 0 Å². The van der Waals surface area contributed by atoms with Crippen molar-refractivity contribution in [3.8, 4) is 0 Å². The molecule has 0 unspecified atom stereocenters. The van der Waals surface area contributed by atoms with Crippen molar-refractivity contribution in [2.24, 2.45) is 0 Å². The summed E-state index contributed by atoms with van der Waals surface area (Å²) in [5, 5.41) is 0. The van der Waals surface area contributed by atoms with Crippen LogP contribution in [0, 0.1) is 13.3 Å². The second-order valence-corrected chi connectivity index (χ2v) is 0.962. The second-order valence-electron chi connectivity index (χ2n) is 0.962. The van der Waals surface area contributed by atoms with Crippen molar-refractivity contribution in [3.05, 3.63) is 43.6 Å². The van der Waals surface area contributed by atoms with Crippen molar-refractivity contribution in [3.63, 3.8) is 0 Å². The van der Waals surface area contributed by atoms with Gasteiger partial charge < -0.3 is 0 Å². The fourth-order valence-electron chi connectivity index (χ4n) is 0.321. The summed E-state index contributed by atoms with van der Waals surface area (Å²) in [6.45, 7) is 9.00. The molecule has 0 spiro atoms. The van der Waals surface area contributed by atoms with Gasteiger partial charge in [-0.05, 0) is 0 Å². The van der Waals surface area contributed by atoms with Gasteiger partial charge in [-0.3, -0.25) is 0 Å². The quantitative estimate of drug-likeness (QED) is 0.298. The van der Waals surface area contributed by atoms with E-state index in [9.17, 15) is 0 Å². The van der Waals surface area contributed by atoms with Gasteiger partial charge in [0.25, 0.3) is 0 Å². The summed E-state index contributed by atoms with van der Waals surface area (Å²) < 4.78 is 15.0. The maximum atomic E-state index is 7.50. The molecular weight excluding hydrogens is 344 g/mol. The predicted octanol–water partition coefficient (Wildman–Crippen LogP) is 2.21. The normalized spacial score (nSPS) is 4.55. The van der Waals surface area contributed by atoms with E-state index in [0.717, 1.165) is 0 Å². The standard InChI is InChI=1S/C5H5.2CO.HI.Ru/c1-2-4-5-3-1;2*1-2;;/h1-5H;;;1H;/q-1;;;;+1/p-1. The Hall–Kier alpha value is 0.183. The Balaban J connectivity index is -0.0000000933. The summed E-state index contributed by atoms with van der Waals surface area (Å²) in [7, 11) is 0. The zero-order valence-electron chi connectivity index (χ0n) is 5.43. The summed E-state index contributed by atoms with van der Waals surface area (Å²) in [6.07, 6.45) is 0. The van der Waals surface area contributed by atoms with Crippen LogP contribution in [0.4, 0.5) is 0 Å². The zero-order valence-corrected chi connectivity index (χ0v) is 9.33. The molecule has 0 aliphatic heterocycles. The van der Waals surface area contributed by atoms with Gasteiger partial charge in [-0.2, -0.15) is 18.2 Å². The van der Waals surface area contributed by atoms with E-state index in [0.29, 0.717) is 0 Å². The van der Waals surface area contributed by atoms with Crippen molar-refractivity contribution in [1.29, 1.82) is 0 Å². The van der Waals surface area contributed by atoms with Crippen LogP contribution in [0.25, 0.3) is 0 Å². The number of rotatable bonds is 0. The molecule has 0 saturated heterocycles. The van der Waals surface area contributed by atoms with Crippen LogP contribution in [0.15, 0.2) is 30.3 Å². The Kier molecular flexibility index (Phi) is 50.3. The molecule has 0 bridgehead atoms. The molecule has 0 radical (unpaired) electrons. The van der Waals surface area contributed by atoms with Gasteiger partial charge in [0, 0.05) is 0 Å². The molecule has 0 fully saturated rings. The van der Waals surface area contributed by atoms with Gasteiger partial charge in [0.1, 0.15) is 0 Å². The average molecular weight is 349 g/mol. The number of hydrogen-bond donors (Lipinski definition) is 0. The predicted molar refractivity (Wildman–Crippen MR) is 43.9 cm³/mol. The molecule has 0 aliphatic carbocycles. The molecule has 0 aliphatic rings. The van der Waals surface area contributed by atoms with Crippen molar-refractivity contribution in [1.82, 2.24) is 0 Å². The molecule has 0 amide bonds. The summed E-state index contributed by atoms with van der Waals surface area (Å²) in [4.78, 5) is 0. The van der Waals surface area contributed by atoms with E-state index in [1.165, 1.54) is 0 Å². The van der Waals surface area contributed by atoms with Crippen molar-refractivity contribution >= 4 is 19.8 Å². The molecule has 1 aromatic rings. The van der Waals surface area contributed by atoms with Crippen LogP contribution in [0.2, 0.25) is 0 Å². The third-order valence-corrected chi connectivity index (χ3v) is 0.556. The zero-order chi connectivity index (χ0) is 9.54. The van der Waals surface area contributed by atoms with E-state index in [1.54, 1.807) is 0 Å². The summed E-state index contributed by atoms with van der Waals surface area (Å²) >= 11 is 4.40. The first-order chi connectivity index (χ1) is 5.50. The Bertz CT molecular complexity index is 123. The summed E-state index contributed by atoms with van der Waals surface area (Å²) in [6, 6.07) is 10.0. The van der Waals surface area contributed by atoms with Gasteiger partial charge in [-0.1, -0.05) is 0 Å². The van der Waals surface area contributed by atoms with Crippen LogP contribution in [0.5, 0.6) is 0 Å². The maximum absolute atomic E-state index is 7.50. The van der Waals surface area contributed by atoms with Crippen LogP contribution in [0.1, 0.15) is 0 Å². The maximum Gasteiger partial charge on any atom is -0.172 e. The van der Waals surface area contributed by atoms with E-state index in [2.05, 4.69) is 47.8 Å². The van der Waals surface area contributed by atoms with Gasteiger partial charge in [0.15, 0.2) is 0 Å². The minimum absolute atomic E-state index is 2.00. The molecule has 0 N–H and O–H groups in total. The smallest absolute Gasteiger partial charge is 0.172 e. The molecule has 1 rings (SSSR count). The monoisotopic (exact) mass is 350 g/mol. The first kappa shape index (κ1) is 17.3. The van der Waals surface area contributed by atoms with Crippen LogP contribution in [-0.4, -0.2) is 0 Å². The fourth-order valence-corrected chi connectivity index (χ4v) is 0.321. The Morgan fingerprint density at radius 3 is 1.36 bits per heavy atom. The van der Waals surface area contributed by atoms with Crippen LogP contribution in [-0.2, 0) is 24.1 Å². The van der Waals surface area contributed by atoms with Crippen LogP contribution in [0.3, 0.4) is 0 Å².